The first-order valence-electron chi connectivity index (χ1n) is 7.66. The Labute approximate surface area is 133 Å². The van der Waals surface area contributed by atoms with Gasteiger partial charge < -0.3 is 14.7 Å². The zero-order valence-electron chi connectivity index (χ0n) is 13.1. The molecule has 1 saturated heterocycles. The highest BCUT2D eigenvalue weighted by Crippen LogP contribution is 2.32. The van der Waals surface area contributed by atoms with Crippen molar-refractivity contribution in [1.82, 2.24) is 4.98 Å². The summed E-state index contributed by atoms with van der Waals surface area (Å²) >= 11 is 0. The summed E-state index contributed by atoms with van der Waals surface area (Å²) in [6.45, 7) is 6.00. The molecule has 3 rings (SSSR count). The van der Waals surface area contributed by atoms with E-state index in [4.69, 9.17) is 4.74 Å². The van der Waals surface area contributed by atoms with Crippen LogP contribution in [0.1, 0.15) is 19.4 Å². The van der Waals surface area contributed by atoms with Crippen molar-refractivity contribution in [2.24, 2.45) is 0 Å². The summed E-state index contributed by atoms with van der Waals surface area (Å²) in [7, 11) is 0. The highest BCUT2D eigenvalue weighted by atomic mass is 16.6. The summed E-state index contributed by atoms with van der Waals surface area (Å²) in [5.74, 6) is -0.217. The maximum Gasteiger partial charge on any atom is 0.279 e. The first-order valence-corrected chi connectivity index (χ1v) is 7.66. The van der Waals surface area contributed by atoms with Crippen LogP contribution in [-0.4, -0.2) is 35.2 Å². The molecule has 0 radical (unpaired) electrons. The Morgan fingerprint density at radius 1 is 1.39 bits per heavy atom. The number of nitro benzene ring substituents is 1. The third-order valence-electron chi connectivity index (χ3n) is 4.16. The van der Waals surface area contributed by atoms with E-state index in [2.05, 4.69) is 4.98 Å². The highest BCUT2D eigenvalue weighted by Gasteiger charge is 2.27. The Hall–Kier alpha value is -2.25. The minimum atomic E-state index is -0.452. The second-order valence-corrected chi connectivity index (χ2v) is 6.13. The summed E-state index contributed by atoms with van der Waals surface area (Å²) < 4.78 is 5.70. The molecule has 1 N–H and O–H groups in total. The van der Waals surface area contributed by atoms with Gasteiger partial charge in [0.25, 0.3) is 5.69 Å². The molecule has 1 aliphatic heterocycles. The van der Waals surface area contributed by atoms with Crippen LogP contribution in [0, 0.1) is 10.1 Å². The number of ether oxygens (including phenoxy) is 1. The number of pyridine rings is 1. The molecule has 2 aromatic rings. The molecular weight excluding hydrogens is 298 g/mol. The van der Waals surface area contributed by atoms with Crippen LogP contribution in [-0.2, 0) is 11.3 Å². The standard InChI is InChI=1S/C16H19N3O4/c1-10-7-18(8-11(2)23-10)9-12-6-14(19(21)22)13-4-3-5-17-15(13)16(12)20/h3-6,10-11,20H,7-9H2,1-2H3/t10-,11-/m0/s1. The molecule has 7 heteroatoms. The number of quaternary nitrogens is 1. The number of hydrogen-bond donors (Lipinski definition) is 1. The molecule has 1 aromatic heterocycles. The SMILES string of the molecule is C[C@H]1C[NH+](Cc2cc([N+](=O)[O-])c3cccnc3c2[O-])C[C@H](C)O1. The van der Waals surface area contributed by atoms with Gasteiger partial charge in [-0.15, -0.1) is 0 Å². The normalized spacial score (nSPS) is 24.7. The second-order valence-electron chi connectivity index (χ2n) is 6.13. The molecule has 0 saturated carbocycles. The Morgan fingerprint density at radius 3 is 2.74 bits per heavy atom. The van der Waals surface area contributed by atoms with Crippen molar-refractivity contribution in [3.63, 3.8) is 0 Å². The van der Waals surface area contributed by atoms with E-state index in [1.165, 1.54) is 17.2 Å². The predicted molar refractivity (Wildman–Crippen MR) is 82.3 cm³/mol. The monoisotopic (exact) mass is 317 g/mol. The Morgan fingerprint density at radius 2 is 2.09 bits per heavy atom. The van der Waals surface area contributed by atoms with Gasteiger partial charge in [0.2, 0.25) is 0 Å². The van der Waals surface area contributed by atoms with Gasteiger partial charge in [-0.1, -0.05) is 5.75 Å². The lowest BCUT2D eigenvalue weighted by Gasteiger charge is -2.33. The summed E-state index contributed by atoms with van der Waals surface area (Å²) in [4.78, 5) is 16.1. The lowest BCUT2D eigenvalue weighted by Crippen LogP contribution is -3.14. The van der Waals surface area contributed by atoms with Gasteiger partial charge in [0.05, 0.1) is 15.8 Å². The van der Waals surface area contributed by atoms with Crippen LogP contribution in [0.4, 0.5) is 5.69 Å². The third-order valence-corrected chi connectivity index (χ3v) is 4.16. The van der Waals surface area contributed by atoms with Crippen molar-refractivity contribution in [2.75, 3.05) is 13.1 Å². The molecule has 0 amide bonds. The smallest absolute Gasteiger partial charge is 0.279 e. The molecule has 0 aliphatic carbocycles. The van der Waals surface area contributed by atoms with Gasteiger partial charge >= 0.3 is 0 Å². The molecule has 1 fully saturated rings. The van der Waals surface area contributed by atoms with Gasteiger partial charge in [0.1, 0.15) is 31.8 Å². The summed E-state index contributed by atoms with van der Waals surface area (Å²) in [5.41, 5.74) is 0.557. The van der Waals surface area contributed by atoms with E-state index >= 15 is 0 Å². The number of rotatable bonds is 3. The number of nitrogens with one attached hydrogen (secondary N) is 1. The van der Waals surface area contributed by atoms with E-state index in [-0.39, 0.29) is 29.2 Å². The molecule has 0 spiro atoms. The molecule has 7 nitrogen and oxygen atoms in total. The van der Waals surface area contributed by atoms with E-state index in [1.54, 1.807) is 12.1 Å². The van der Waals surface area contributed by atoms with Crippen molar-refractivity contribution in [1.29, 1.82) is 0 Å². The van der Waals surface area contributed by atoms with E-state index in [9.17, 15) is 15.2 Å². The van der Waals surface area contributed by atoms with Gasteiger partial charge in [-0.25, -0.2) is 0 Å². The first kappa shape index (κ1) is 15.6. The van der Waals surface area contributed by atoms with E-state index in [1.807, 2.05) is 13.8 Å². The van der Waals surface area contributed by atoms with Crippen LogP contribution in [0.25, 0.3) is 10.9 Å². The quantitative estimate of drug-likeness (QED) is 0.654. The minimum Gasteiger partial charge on any atom is -0.871 e. The fourth-order valence-corrected chi connectivity index (χ4v) is 3.34. The van der Waals surface area contributed by atoms with Gasteiger partial charge in [0, 0.05) is 17.8 Å². The molecule has 1 aliphatic rings. The van der Waals surface area contributed by atoms with Crippen LogP contribution in [0.3, 0.4) is 0 Å². The van der Waals surface area contributed by atoms with E-state index in [0.717, 1.165) is 13.1 Å². The fraction of sp³-hybridized carbons (Fsp3) is 0.438. The van der Waals surface area contributed by atoms with Crippen molar-refractivity contribution in [3.05, 3.63) is 40.1 Å². The number of morpholine rings is 1. The van der Waals surface area contributed by atoms with Crippen LogP contribution in [0.15, 0.2) is 24.4 Å². The maximum atomic E-state index is 12.6. The lowest BCUT2D eigenvalue weighted by atomic mass is 10.1. The van der Waals surface area contributed by atoms with Crippen molar-refractivity contribution < 1.29 is 19.7 Å². The molecule has 2 atom stereocenters. The van der Waals surface area contributed by atoms with Crippen molar-refractivity contribution in [2.45, 2.75) is 32.6 Å². The Kier molecular flexibility index (Phi) is 4.14. The van der Waals surface area contributed by atoms with Gasteiger partial charge in [-0.2, -0.15) is 0 Å². The zero-order chi connectivity index (χ0) is 16.6. The van der Waals surface area contributed by atoms with Gasteiger partial charge in [0.15, 0.2) is 0 Å². The largest absolute Gasteiger partial charge is 0.871 e. The number of hydrogen-bond acceptors (Lipinski definition) is 5. The average Bonchev–Trinajstić information content (AvgIpc) is 2.49. The number of nitro groups is 1. The number of fused-ring (bicyclic) bond motifs is 1. The zero-order valence-corrected chi connectivity index (χ0v) is 13.1. The summed E-state index contributed by atoms with van der Waals surface area (Å²) in [5, 5.41) is 24.2. The van der Waals surface area contributed by atoms with Crippen LogP contribution < -0.4 is 10.0 Å². The fourth-order valence-electron chi connectivity index (χ4n) is 3.34. The Balaban J connectivity index is 2.00. The number of non-ortho nitro benzene ring substituents is 1. The lowest BCUT2D eigenvalue weighted by molar-refractivity contribution is -0.928. The summed E-state index contributed by atoms with van der Waals surface area (Å²) in [6, 6.07) is 4.58. The average molecular weight is 317 g/mol. The van der Waals surface area contributed by atoms with E-state index < -0.39 is 4.92 Å². The number of nitrogens with zero attached hydrogens (tertiary/aromatic N) is 2. The topological polar surface area (TPSA) is 92.8 Å². The molecule has 23 heavy (non-hydrogen) atoms. The molecule has 1 aromatic carbocycles. The van der Waals surface area contributed by atoms with Crippen LogP contribution in [0.2, 0.25) is 0 Å². The van der Waals surface area contributed by atoms with Gasteiger partial charge in [-0.05, 0) is 26.0 Å². The molecule has 0 unspecified atom stereocenters. The Bertz CT molecular complexity index is 739. The second kappa shape index (κ2) is 6.10. The molecule has 2 heterocycles. The molecule has 122 valence electrons. The minimum absolute atomic E-state index is 0.0588. The van der Waals surface area contributed by atoms with Crippen molar-refractivity contribution in [3.8, 4) is 5.75 Å². The van der Waals surface area contributed by atoms with Crippen molar-refractivity contribution >= 4 is 16.6 Å². The van der Waals surface area contributed by atoms with E-state index in [0.29, 0.717) is 17.5 Å². The number of aromatic nitrogens is 1. The van der Waals surface area contributed by atoms with Gasteiger partial charge in [-0.3, -0.25) is 15.1 Å². The number of benzene rings is 1. The summed E-state index contributed by atoms with van der Waals surface area (Å²) in [6.07, 6.45) is 1.71. The van der Waals surface area contributed by atoms with Crippen LogP contribution in [0.5, 0.6) is 5.75 Å². The predicted octanol–water partition coefficient (Wildman–Crippen LogP) is 0.409. The third kappa shape index (κ3) is 3.11. The highest BCUT2D eigenvalue weighted by molar-refractivity contribution is 5.92. The molecular formula is C16H19N3O4. The van der Waals surface area contributed by atoms with Crippen LogP contribution >= 0.6 is 0 Å². The maximum absolute atomic E-state index is 12.6. The first-order chi connectivity index (χ1) is 11.0. The molecule has 0 bridgehead atoms.